The Kier molecular flexibility index (Phi) is 6.98. The van der Waals surface area contributed by atoms with Gasteiger partial charge in [-0.2, -0.15) is 0 Å². The third kappa shape index (κ3) is 5.30. The number of carbonyl (C=O) groups is 2. The Labute approximate surface area is 225 Å². The molecule has 2 aliphatic rings. The summed E-state index contributed by atoms with van der Waals surface area (Å²) >= 11 is 0. The predicted octanol–water partition coefficient (Wildman–Crippen LogP) is 4.14. The van der Waals surface area contributed by atoms with Gasteiger partial charge in [0.2, 0.25) is 22.7 Å². The van der Waals surface area contributed by atoms with Gasteiger partial charge in [0.25, 0.3) is 0 Å². The standard InChI is InChI=1S/C29H30N2O6S.2H2/c1-19-3-4-21(16-28(33)29(11-12-29)23-7-10-26-27(17-23)37-18-36-26)15-25(19)22-5-8-24(9-6-22)38(34,35)31-14-13-30-20(2)32;;/h3-10,15,17,31H,11-14,16,18H2,1-2H3,(H,30,32);2*1H. The topological polar surface area (TPSA) is 111 Å². The highest BCUT2D eigenvalue weighted by Gasteiger charge is 2.50. The van der Waals surface area contributed by atoms with Crippen molar-refractivity contribution in [3.8, 4) is 22.6 Å². The van der Waals surface area contributed by atoms with E-state index in [0.29, 0.717) is 17.9 Å². The van der Waals surface area contributed by atoms with Gasteiger partial charge >= 0.3 is 0 Å². The molecule has 5 rings (SSSR count). The van der Waals surface area contributed by atoms with Crippen molar-refractivity contribution in [3.05, 3.63) is 77.4 Å². The van der Waals surface area contributed by atoms with Gasteiger partial charge in [0.1, 0.15) is 5.78 Å². The van der Waals surface area contributed by atoms with Crippen LogP contribution in [0.2, 0.25) is 0 Å². The fourth-order valence-corrected chi connectivity index (χ4v) is 5.85. The van der Waals surface area contributed by atoms with Gasteiger partial charge in [-0.25, -0.2) is 13.1 Å². The number of benzene rings is 3. The molecule has 0 atom stereocenters. The molecule has 2 N–H and O–H groups in total. The van der Waals surface area contributed by atoms with Crippen LogP contribution in [0, 0.1) is 6.92 Å². The highest BCUT2D eigenvalue weighted by atomic mass is 32.2. The van der Waals surface area contributed by atoms with E-state index in [-0.39, 0.29) is 39.3 Å². The fraction of sp³-hybridized carbons (Fsp3) is 0.310. The summed E-state index contributed by atoms with van der Waals surface area (Å²) in [6, 6.07) is 18.4. The highest BCUT2D eigenvalue weighted by Crippen LogP contribution is 2.51. The van der Waals surface area contributed by atoms with Gasteiger partial charge in [0, 0.05) is 29.3 Å². The Morgan fingerprint density at radius 3 is 2.39 bits per heavy atom. The molecule has 0 spiro atoms. The Balaban J connectivity index is 0.00000220. The van der Waals surface area contributed by atoms with Crippen molar-refractivity contribution in [3.63, 3.8) is 0 Å². The minimum atomic E-state index is -3.69. The minimum absolute atomic E-state index is 0. The van der Waals surface area contributed by atoms with Crippen LogP contribution >= 0.6 is 0 Å². The van der Waals surface area contributed by atoms with E-state index in [1.807, 2.05) is 43.3 Å². The maximum atomic E-state index is 13.5. The van der Waals surface area contributed by atoms with Crippen molar-refractivity contribution in [1.82, 2.24) is 10.0 Å². The van der Waals surface area contributed by atoms with E-state index in [1.54, 1.807) is 24.3 Å². The Bertz CT molecular complexity index is 1510. The first kappa shape index (κ1) is 25.9. The second kappa shape index (κ2) is 10.2. The molecule has 0 radical (unpaired) electrons. The quantitative estimate of drug-likeness (QED) is 0.376. The summed E-state index contributed by atoms with van der Waals surface area (Å²) in [6.07, 6.45) is 1.95. The molecule has 0 bridgehead atoms. The molecule has 202 valence electrons. The van der Waals surface area contributed by atoms with Gasteiger partial charge in [-0.15, -0.1) is 0 Å². The number of ether oxygens (including phenoxy) is 2. The van der Waals surface area contributed by atoms with E-state index >= 15 is 0 Å². The van der Waals surface area contributed by atoms with Gasteiger partial charge in [-0.1, -0.05) is 36.4 Å². The largest absolute Gasteiger partial charge is 0.454 e. The second-order valence-corrected chi connectivity index (χ2v) is 11.6. The average molecular weight is 539 g/mol. The third-order valence-electron chi connectivity index (χ3n) is 7.14. The Hall–Kier alpha value is -3.69. The van der Waals surface area contributed by atoms with Crippen molar-refractivity contribution in [2.75, 3.05) is 19.9 Å². The van der Waals surface area contributed by atoms with E-state index in [2.05, 4.69) is 10.0 Å². The second-order valence-electron chi connectivity index (χ2n) is 9.80. The minimum Gasteiger partial charge on any atom is -0.454 e. The molecular formula is C29H34N2O6S. The smallest absolute Gasteiger partial charge is 0.240 e. The normalized spacial score (nSPS) is 15.2. The number of aryl methyl sites for hydroxylation is 1. The molecule has 8 nitrogen and oxygen atoms in total. The molecule has 3 aromatic carbocycles. The monoisotopic (exact) mass is 538 g/mol. The Morgan fingerprint density at radius 2 is 1.68 bits per heavy atom. The molecule has 1 heterocycles. The molecular weight excluding hydrogens is 504 g/mol. The summed E-state index contributed by atoms with van der Waals surface area (Å²) in [5.41, 5.74) is 4.26. The third-order valence-corrected chi connectivity index (χ3v) is 8.62. The fourth-order valence-electron chi connectivity index (χ4n) is 4.81. The molecule has 0 saturated heterocycles. The van der Waals surface area contributed by atoms with E-state index in [0.717, 1.165) is 40.7 Å². The first-order valence-corrected chi connectivity index (χ1v) is 14.0. The summed E-state index contributed by atoms with van der Waals surface area (Å²) in [4.78, 5) is 24.6. The van der Waals surface area contributed by atoms with Gasteiger partial charge in [0.05, 0.1) is 10.3 Å². The van der Waals surface area contributed by atoms with Gasteiger partial charge in [-0.05, 0) is 71.8 Å². The SMILES string of the molecule is CC(=O)NCCNS(=O)(=O)c1ccc(-c2cc(CC(=O)C3(c4ccc5c(c4)OCO5)CC3)ccc2C)cc1.[HH].[HH]. The lowest BCUT2D eigenvalue weighted by Gasteiger charge is -2.16. The zero-order valence-electron chi connectivity index (χ0n) is 21.4. The molecule has 1 aliphatic carbocycles. The molecule has 1 aliphatic heterocycles. The van der Waals surface area contributed by atoms with Crippen LogP contribution in [0.25, 0.3) is 11.1 Å². The first-order valence-electron chi connectivity index (χ1n) is 12.6. The lowest BCUT2D eigenvalue weighted by Crippen LogP contribution is -2.33. The average Bonchev–Trinajstić information content (AvgIpc) is 3.58. The van der Waals surface area contributed by atoms with Crippen LogP contribution in [0.1, 0.15) is 39.3 Å². The summed E-state index contributed by atoms with van der Waals surface area (Å²) in [5, 5.41) is 2.56. The number of fused-ring (bicyclic) bond motifs is 1. The van der Waals surface area contributed by atoms with Crippen molar-refractivity contribution >= 4 is 21.7 Å². The van der Waals surface area contributed by atoms with E-state index < -0.39 is 15.4 Å². The van der Waals surface area contributed by atoms with Crippen LogP contribution in [-0.4, -0.2) is 40.0 Å². The number of hydrogen-bond acceptors (Lipinski definition) is 6. The van der Waals surface area contributed by atoms with E-state index in [1.165, 1.54) is 6.92 Å². The van der Waals surface area contributed by atoms with E-state index in [9.17, 15) is 18.0 Å². The molecule has 1 amide bonds. The van der Waals surface area contributed by atoms with Crippen LogP contribution in [0.15, 0.2) is 65.6 Å². The lowest BCUT2D eigenvalue weighted by atomic mass is 9.87. The summed E-state index contributed by atoms with van der Waals surface area (Å²) in [7, 11) is -3.69. The molecule has 3 aromatic rings. The molecule has 0 aromatic heterocycles. The highest BCUT2D eigenvalue weighted by molar-refractivity contribution is 7.89. The van der Waals surface area contributed by atoms with Crippen LogP contribution in [0.4, 0.5) is 0 Å². The number of sulfonamides is 1. The number of rotatable bonds is 10. The van der Waals surface area contributed by atoms with Crippen molar-refractivity contribution in [2.45, 2.75) is 43.4 Å². The summed E-state index contributed by atoms with van der Waals surface area (Å²) in [5.74, 6) is 1.36. The van der Waals surface area contributed by atoms with Gasteiger partial charge in [-0.3, -0.25) is 9.59 Å². The number of carbonyl (C=O) groups excluding carboxylic acids is 2. The number of Topliss-reactive ketones (excluding diaryl/α,β-unsaturated/α-hetero) is 1. The zero-order chi connectivity index (χ0) is 26.9. The molecule has 1 fully saturated rings. The number of ketones is 1. The van der Waals surface area contributed by atoms with Crippen molar-refractivity contribution in [2.24, 2.45) is 0 Å². The molecule has 0 unspecified atom stereocenters. The summed E-state index contributed by atoms with van der Waals surface area (Å²) in [6.45, 7) is 3.89. The molecule has 38 heavy (non-hydrogen) atoms. The number of hydrogen-bond donors (Lipinski definition) is 2. The maximum Gasteiger partial charge on any atom is 0.240 e. The predicted molar refractivity (Wildman–Crippen MR) is 147 cm³/mol. The Morgan fingerprint density at radius 1 is 0.947 bits per heavy atom. The van der Waals surface area contributed by atoms with Crippen LogP contribution in [0.3, 0.4) is 0 Å². The van der Waals surface area contributed by atoms with Gasteiger partial charge < -0.3 is 14.8 Å². The molecule has 1 saturated carbocycles. The summed E-state index contributed by atoms with van der Waals surface area (Å²) < 4.78 is 38.5. The lowest BCUT2D eigenvalue weighted by molar-refractivity contribution is -0.121. The van der Waals surface area contributed by atoms with E-state index in [4.69, 9.17) is 9.47 Å². The van der Waals surface area contributed by atoms with Crippen LogP contribution in [0.5, 0.6) is 11.5 Å². The molecule has 9 heteroatoms. The number of amides is 1. The zero-order valence-corrected chi connectivity index (χ0v) is 22.2. The first-order chi connectivity index (χ1) is 18.2. The van der Waals surface area contributed by atoms with Crippen LogP contribution < -0.4 is 19.5 Å². The van der Waals surface area contributed by atoms with Crippen LogP contribution in [-0.2, 0) is 31.4 Å². The van der Waals surface area contributed by atoms with Crippen molar-refractivity contribution < 1.29 is 30.3 Å². The van der Waals surface area contributed by atoms with Gasteiger partial charge in [0.15, 0.2) is 11.5 Å². The van der Waals surface area contributed by atoms with Crippen molar-refractivity contribution in [1.29, 1.82) is 0 Å². The maximum absolute atomic E-state index is 13.5. The number of nitrogens with one attached hydrogen (secondary N) is 2.